The molecule has 0 aliphatic carbocycles. The lowest BCUT2D eigenvalue weighted by molar-refractivity contribution is -0.687. The number of rotatable bonds is 5. The number of aromatic nitrogens is 6. The van der Waals surface area contributed by atoms with Crippen molar-refractivity contribution in [3.8, 4) is 0 Å². The molecule has 2 aromatic carbocycles. The average molecular weight is 588 g/mol. The third-order valence-corrected chi connectivity index (χ3v) is 8.22. The van der Waals surface area contributed by atoms with Gasteiger partial charge in [-0.1, -0.05) is 35.3 Å². The van der Waals surface area contributed by atoms with Crippen LogP contribution in [0.5, 0.6) is 0 Å². The van der Waals surface area contributed by atoms with Gasteiger partial charge >= 0.3 is 0 Å². The second-order valence-electron chi connectivity index (χ2n) is 10.4. The van der Waals surface area contributed by atoms with Crippen molar-refractivity contribution in [1.82, 2.24) is 19.3 Å². The molecule has 0 atom stereocenters. The highest BCUT2D eigenvalue weighted by Crippen LogP contribution is 2.36. The van der Waals surface area contributed by atoms with Crippen LogP contribution in [-0.2, 0) is 13.1 Å². The zero-order valence-electron chi connectivity index (χ0n) is 22.4. The van der Waals surface area contributed by atoms with E-state index >= 15 is 0 Å². The van der Waals surface area contributed by atoms with E-state index in [4.69, 9.17) is 23.2 Å². The fourth-order valence-corrected chi connectivity index (χ4v) is 6.25. The summed E-state index contributed by atoms with van der Waals surface area (Å²) >= 11 is 13.1. The van der Waals surface area contributed by atoms with E-state index in [0.29, 0.717) is 23.1 Å². The predicted octanol–water partition coefficient (Wildman–Crippen LogP) is 6.98. The Balaban J connectivity index is 1.43. The molecule has 6 heterocycles. The van der Waals surface area contributed by atoms with E-state index in [1.807, 2.05) is 73.1 Å². The van der Waals surface area contributed by atoms with E-state index in [2.05, 4.69) is 77.5 Å². The minimum absolute atomic E-state index is 0.659. The van der Waals surface area contributed by atoms with Crippen molar-refractivity contribution >= 4 is 66.8 Å². The van der Waals surface area contributed by atoms with Crippen molar-refractivity contribution in [3.05, 3.63) is 144 Å². The maximum atomic E-state index is 6.54. The second-order valence-corrected chi connectivity index (χ2v) is 11.3. The molecule has 8 aromatic rings. The minimum atomic E-state index is 0.659. The molecule has 0 radical (unpaired) electrons. The number of benzene rings is 2. The normalized spacial score (nSPS) is 11.8. The van der Waals surface area contributed by atoms with Gasteiger partial charge in [-0.3, -0.25) is 9.97 Å². The van der Waals surface area contributed by atoms with E-state index in [0.717, 1.165) is 55.0 Å². The molecular formula is C34H24Cl2N6+2. The Labute approximate surface area is 251 Å². The number of halogens is 2. The number of hydrogen-bond donors (Lipinski definition) is 0. The number of fused-ring (bicyclic) bond motifs is 6. The number of hydrogen-bond acceptors (Lipinski definition) is 2. The van der Waals surface area contributed by atoms with Gasteiger partial charge in [0.25, 0.3) is 0 Å². The summed E-state index contributed by atoms with van der Waals surface area (Å²) in [6.07, 6.45) is 12.3. The molecule has 0 spiro atoms. The van der Waals surface area contributed by atoms with Crippen LogP contribution in [0, 0.1) is 0 Å². The third-order valence-electron chi connectivity index (χ3n) is 7.75. The zero-order valence-corrected chi connectivity index (χ0v) is 23.9. The average Bonchev–Trinajstić information content (AvgIpc) is 3.48. The molecule has 0 N–H and O–H groups in total. The Hall–Kier alpha value is -4.78. The maximum Gasteiger partial charge on any atom is 0.195 e. The molecule has 42 heavy (non-hydrogen) atoms. The highest BCUT2D eigenvalue weighted by Gasteiger charge is 2.22. The molecule has 0 amide bonds. The summed E-state index contributed by atoms with van der Waals surface area (Å²) in [4.78, 5) is 9.09. The van der Waals surface area contributed by atoms with Gasteiger partial charge in [0.1, 0.15) is 22.4 Å². The van der Waals surface area contributed by atoms with Crippen molar-refractivity contribution in [2.45, 2.75) is 13.1 Å². The summed E-state index contributed by atoms with van der Waals surface area (Å²) < 4.78 is 8.93. The van der Waals surface area contributed by atoms with E-state index < -0.39 is 0 Å². The largest absolute Gasteiger partial charge is 0.255 e. The van der Waals surface area contributed by atoms with Crippen LogP contribution in [0.3, 0.4) is 0 Å². The summed E-state index contributed by atoms with van der Waals surface area (Å²) in [5, 5.41) is 5.81. The summed E-state index contributed by atoms with van der Waals surface area (Å²) in [6, 6.07) is 28.5. The Kier molecular flexibility index (Phi) is 5.91. The molecule has 0 aliphatic heterocycles. The van der Waals surface area contributed by atoms with E-state index in [-0.39, 0.29) is 0 Å². The Morgan fingerprint density at radius 3 is 1.43 bits per heavy atom. The van der Waals surface area contributed by atoms with Crippen molar-refractivity contribution in [2.24, 2.45) is 0 Å². The SMILES string of the molecule is Clc1ccc2c(c1)c1cc[n+](Cc3ccccn3)cc1n2-n1c2ccc(Cl)cc2c2cc[n+](Cc3ccccn3)cc21. The summed E-state index contributed by atoms with van der Waals surface area (Å²) in [7, 11) is 0. The van der Waals surface area contributed by atoms with Gasteiger partial charge in [0.05, 0.1) is 11.0 Å². The molecule has 8 heteroatoms. The maximum absolute atomic E-state index is 6.54. The van der Waals surface area contributed by atoms with Gasteiger partial charge < -0.3 is 0 Å². The van der Waals surface area contributed by atoms with E-state index in [9.17, 15) is 0 Å². The first kappa shape index (κ1) is 25.0. The molecule has 8 rings (SSSR count). The van der Waals surface area contributed by atoms with Crippen LogP contribution in [-0.4, -0.2) is 19.3 Å². The predicted molar refractivity (Wildman–Crippen MR) is 167 cm³/mol. The highest BCUT2D eigenvalue weighted by molar-refractivity contribution is 6.32. The van der Waals surface area contributed by atoms with Crippen LogP contribution in [0.2, 0.25) is 10.0 Å². The third kappa shape index (κ3) is 4.19. The first-order chi connectivity index (χ1) is 20.6. The van der Waals surface area contributed by atoms with Gasteiger partial charge in [-0.05, 0) is 60.7 Å². The van der Waals surface area contributed by atoms with Gasteiger partial charge in [0.15, 0.2) is 37.9 Å². The van der Waals surface area contributed by atoms with Gasteiger partial charge in [-0.25, -0.2) is 9.35 Å². The molecule has 0 aliphatic rings. The molecule has 0 bridgehead atoms. The molecule has 0 unspecified atom stereocenters. The van der Waals surface area contributed by atoms with Crippen molar-refractivity contribution in [2.75, 3.05) is 0 Å². The lowest BCUT2D eigenvalue weighted by Gasteiger charge is -2.12. The van der Waals surface area contributed by atoms with Crippen molar-refractivity contribution in [1.29, 1.82) is 0 Å². The topological polar surface area (TPSA) is 43.4 Å². The second kappa shape index (κ2) is 9.94. The van der Waals surface area contributed by atoms with Crippen LogP contribution in [0.15, 0.2) is 122 Å². The minimum Gasteiger partial charge on any atom is -0.255 e. The molecule has 202 valence electrons. The fraction of sp³-hybridized carbons (Fsp3) is 0.0588. The number of nitrogens with zero attached hydrogens (tertiary/aromatic N) is 6. The Morgan fingerprint density at radius 2 is 1.00 bits per heavy atom. The molecule has 0 saturated heterocycles. The van der Waals surface area contributed by atoms with Gasteiger partial charge in [0, 0.05) is 56.1 Å². The first-order valence-electron chi connectivity index (χ1n) is 13.7. The lowest BCUT2D eigenvalue weighted by atomic mass is 10.2. The smallest absolute Gasteiger partial charge is 0.195 e. The monoisotopic (exact) mass is 586 g/mol. The quantitative estimate of drug-likeness (QED) is 0.204. The van der Waals surface area contributed by atoms with Gasteiger partial charge in [-0.15, -0.1) is 0 Å². The first-order valence-corrected chi connectivity index (χ1v) is 14.4. The van der Waals surface area contributed by atoms with Crippen molar-refractivity contribution in [3.63, 3.8) is 0 Å². The molecule has 0 saturated carbocycles. The molecule has 6 aromatic heterocycles. The zero-order chi connectivity index (χ0) is 28.2. The summed E-state index contributed by atoms with van der Waals surface area (Å²) in [5.74, 6) is 0. The van der Waals surface area contributed by atoms with Crippen LogP contribution < -0.4 is 9.13 Å². The van der Waals surface area contributed by atoms with Crippen LogP contribution >= 0.6 is 23.2 Å². The lowest BCUT2D eigenvalue weighted by Crippen LogP contribution is -2.34. The van der Waals surface area contributed by atoms with Crippen LogP contribution in [0.1, 0.15) is 11.4 Å². The Morgan fingerprint density at radius 1 is 0.524 bits per heavy atom. The molecular weight excluding hydrogens is 563 g/mol. The summed E-state index contributed by atoms with van der Waals surface area (Å²) in [6.45, 7) is 1.32. The fourth-order valence-electron chi connectivity index (χ4n) is 5.91. The van der Waals surface area contributed by atoms with Crippen LogP contribution in [0.25, 0.3) is 43.6 Å². The Bertz CT molecular complexity index is 2110. The van der Waals surface area contributed by atoms with E-state index in [1.165, 1.54) is 0 Å². The molecule has 6 nitrogen and oxygen atoms in total. The molecule has 0 fully saturated rings. The van der Waals surface area contributed by atoms with E-state index in [1.54, 1.807) is 0 Å². The highest BCUT2D eigenvalue weighted by atomic mass is 35.5. The summed E-state index contributed by atoms with van der Waals surface area (Å²) in [5.41, 5.74) is 6.21. The standard InChI is InChI=1S/C34H24Cl2N6/c35-23-7-9-31-29(17-23)27-11-15-39(19-25-5-1-3-13-37-25)21-33(27)41(31)42-32-10-8-24(36)18-30(32)28-12-16-40(22-34(28)42)20-26-6-2-4-14-38-26/h1-18,21-22H,19-20H2/q+2. The van der Waals surface area contributed by atoms with Crippen LogP contribution in [0.4, 0.5) is 0 Å². The number of pyridine rings is 4. The van der Waals surface area contributed by atoms with Gasteiger partial charge in [0.2, 0.25) is 0 Å². The van der Waals surface area contributed by atoms with Crippen molar-refractivity contribution < 1.29 is 9.13 Å². The van der Waals surface area contributed by atoms with Gasteiger partial charge in [-0.2, -0.15) is 9.13 Å².